The molecular formula is C19H30N2O2. The molecule has 0 saturated heterocycles. The number of fused-ring (bicyclic) bond motifs is 1. The average Bonchev–Trinajstić information content (AvgIpc) is 2.80. The van der Waals surface area contributed by atoms with Gasteiger partial charge in [0.05, 0.1) is 0 Å². The molecule has 0 aromatic carbocycles. The summed E-state index contributed by atoms with van der Waals surface area (Å²) in [6.45, 7) is 10.7. The second kappa shape index (κ2) is 6.81. The van der Waals surface area contributed by atoms with Crippen LogP contribution in [0, 0.1) is 6.92 Å². The summed E-state index contributed by atoms with van der Waals surface area (Å²) in [4.78, 5) is 17.5. The van der Waals surface area contributed by atoms with Crippen LogP contribution in [0.25, 0.3) is 6.08 Å². The number of rotatable bonds is 4. The van der Waals surface area contributed by atoms with Gasteiger partial charge in [0.25, 0.3) is 0 Å². The maximum absolute atomic E-state index is 12.2. The van der Waals surface area contributed by atoms with E-state index in [1.165, 1.54) is 22.5 Å². The number of aromatic nitrogens is 1. The Balaban J connectivity index is 2.13. The van der Waals surface area contributed by atoms with Gasteiger partial charge in [-0.3, -0.25) is 0 Å². The lowest BCUT2D eigenvalue weighted by molar-refractivity contribution is 0.0287. The van der Waals surface area contributed by atoms with Crippen LogP contribution >= 0.6 is 0 Å². The van der Waals surface area contributed by atoms with Gasteiger partial charge < -0.3 is 14.6 Å². The van der Waals surface area contributed by atoms with E-state index in [1.807, 2.05) is 27.8 Å². The number of ether oxygens (including phenoxy) is 1. The Morgan fingerprint density at radius 2 is 2.13 bits per heavy atom. The van der Waals surface area contributed by atoms with E-state index in [2.05, 4.69) is 31.0 Å². The van der Waals surface area contributed by atoms with E-state index in [0.717, 1.165) is 19.3 Å². The predicted octanol–water partition coefficient (Wildman–Crippen LogP) is 4.64. The zero-order chi connectivity index (χ0) is 17.2. The minimum absolute atomic E-state index is 0.259. The topological polar surface area (TPSA) is 45.3 Å². The van der Waals surface area contributed by atoms with Crippen LogP contribution in [0.1, 0.15) is 69.0 Å². The smallest absolute Gasteiger partial charge is 0.410 e. The van der Waals surface area contributed by atoms with E-state index in [4.69, 9.17) is 4.74 Å². The van der Waals surface area contributed by atoms with Gasteiger partial charge in [-0.15, -0.1) is 0 Å². The van der Waals surface area contributed by atoms with Crippen LogP contribution in [-0.2, 0) is 11.2 Å². The predicted molar refractivity (Wildman–Crippen MR) is 94.8 cm³/mol. The van der Waals surface area contributed by atoms with E-state index in [-0.39, 0.29) is 6.09 Å². The van der Waals surface area contributed by atoms with Crippen molar-refractivity contribution in [2.75, 3.05) is 13.6 Å². The summed E-state index contributed by atoms with van der Waals surface area (Å²) < 4.78 is 5.46. The molecule has 0 aliphatic heterocycles. The Labute approximate surface area is 139 Å². The number of carbonyl (C=O) groups excluding carboxylic acids is 1. The number of H-pyrrole nitrogens is 1. The fourth-order valence-electron chi connectivity index (χ4n) is 3.12. The van der Waals surface area contributed by atoms with Crippen LogP contribution in [0.4, 0.5) is 4.79 Å². The van der Waals surface area contributed by atoms with Gasteiger partial charge in [-0.25, -0.2) is 4.79 Å². The minimum atomic E-state index is -0.459. The average molecular weight is 318 g/mol. The molecule has 0 radical (unpaired) electrons. The Morgan fingerprint density at radius 1 is 1.43 bits per heavy atom. The summed E-state index contributed by atoms with van der Waals surface area (Å²) in [5.41, 5.74) is 4.79. The summed E-state index contributed by atoms with van der Waals surface area (Å²) in [6, 6.07) is 0. The molecule has 1 aliphatic rings. The van der Waals surface area contributed by atoms with Crippen LogP contribution in [0.15, 0.2) is 6.08 Å². The molecule has 4 heteroatoms. The molecule has 1 unspecified atom stereocenters. The lowest BCUT2D eigenvalue weighted by atomic mass is 9.96. The lowest BCUT2D eigenvalue weighted by Crippen LogP contribution is -2.36. The van der Waals surface area contributed by atoms with E-state index in [0.29, 0.717) is 12.5 Å². The zero-order valence-electron chi connectivity index (χ0n) is 15.3. The van der Waals surface area contributed by atoms with Gasteiger partial charge in [0.15, 0.2) is 0 Å². The number of hydrogen-bond acceptors (Lipinski definition) is 2. The van der Waals surface area contributed by atoms with Gasteiger partial charge in [0.1, 0.15) is 5.60 Å². The highest BCUT2D eigenvalue weighted by atomic mass is 16.6. The van der Waals surface area contributed by atoms with Gasteiger partial charge in [0.2, 0.25) is 0 Å². The molecule has 2 rings (SSSR count). The molecule has 0 fully saturated rings. The molecule has 0 saturated carbocycles. The third-order valence-corrected chi connectivity index (χ3v) is 4.36. The van der Waals surface area contributed by atoms with E-state index >= 15 is 0 Å². The number of hydrogen-bond donors (Lipinski definition) is 1. The number of nitrogens with zero attached hydrogens (tertiary/aromatic N) is 1. The fourth-order valence-corrected chi connectivity index (χ4v) is 3.12. The Morgan fingerprint density at radius 3 is 2.70 bits per heavy atom. The molecule has 4 nitrogen and oxygen atoms in total. The van der Waals surface area contributed by atoms with Gasteiger partial charge in [-0.05, 0) is 58.1 Å². The highest BCUT2D eigenvalue weighted by molar-refractivity contribution is 5.68. The summed E-state index contributed by atoms with van der Waals surface area (Å²) in [5.74, 6) is 0.298. The van der Waals surface area contributed by atoms with Crippen LogP contribution < -0.4 is 0 Å². The van der Waals surface area contributed by atoms with E-state index in [1.54, 1.807) is 4.90 Å². The normalized spacial score (nSPS) is 15.2. The van der Waals surface area contributed by atoms with Crippen LogP contribution in [0.3, 0.4) is 0 Å². The van der Waals surface area contributed by atoms with Crippen molar-refractivity contribution >= 4 is 12.2 Å². The summed E-state index contributed by atoms with van der Waals surface area (Å²) in [5, 5.41) is 0. The third-order valence-electron chi connectivity index (χ3n) is 4.36. The molecule has 1 heterocycles. The Kier molecular flexibility index (Phi) is 5.23. The van der Waals surface area contributed by atoms with Crippen molar-refractivity contribution in [3.05, 3.63) is 28.6 Å². The molecule has 1 amide bonds. The standard InChI is InChI=1S/C19H30N2O2/c1-7-14(12-21(6)18(22)23-19(3,4)5)17-13(2)15-10-8-9-11-16(15)20-17/h8,10,14,20H,7,9,11-12H2,1-6H3. The molecule has 1 aromatic rings. The van der Waals surface area contributed by atoms with Gasteiger partial charge in [0, 0.05) is 30.9 Å². The molecule has 1 N–H and O–H groups in total. The zero-order valence-corrected chi connectivity index (χ0v) is 15.3. The Hall–Kier alpha value is -1.71. The minimum Gasteiger partial charge on any atom is -0.444 e. The SMILES string of the molecule is CCC(CN(C)C(=O)OC(C)(C)C)c1[nH]c2c(c1C)C=CCC2. The van der Waals surface area contributed by atoms with Crippen LogP contribution in [-0.4, -0.2) is 35.2 Å². The summed E-state index contributed by atoms with van der Waals surface area (Å²) in [7, 11) is 1.81. The van der Waals surface area contributed by atoms with Crippen molar-refractivity contribution in [3.63, 3.8) is 0 Å². The molecule has 128 valence electrons. The Bertz CT molecular complexity index is 593. The van der Waals surface area contributed by atoms with Crippen LogP contribution in [0.5, 0.6) is 0 Å². The largest absolute Gasteiger partial charge is 0.444 e. The number of likely N-dealkylation sites (N-methyl/N-ethyl adjacent to an activating group) is 1. The third kappa shape index (κ3) is 4.18. The molecule has 0 bridgehead atoms. The van der Waals surface area contributed by atoms with Crippen molar-refractivity contribution < 1.29 is 9.53 Å². The maximum atomic E-state index is 12.2. The van der Waals surface area contributed by atoms with Crippen LogP contribution in [0.2, 0.25) is 0 Å². The second-order valence-electron chi connectivity index (χ2n) is 7.46. The first-order chi connectivity index (χ1) is 10.7. The first-order valence-electron chi connectivity index (χ1n) is 8.55. The summed E-state index contributed by atoms with van der Waals surface area (Å²) in [6.07, 6.45) is 7.35. The monoisotopic (exact) mass is 318 g/mol. The molecule has 1 aromatic heterocycles. The molecular weight excluding hydrogens is 288 g/mol. The maximum Gasteiger partial charge on any atom is 0.410 e. The fraction of sp³-hybridized carbons (Fsp3) is 0.632. The number of allylic oxidation sites excluding steroid dienone is 1. The molecule has 23 heavy (non-hydrogen) atoms. The quantitative estimate of drug-likeness (QED) is 0.878. The summed E-state index contributed by atoms with van der Waals surface area (Å²) >= 11 is 0. The highest BCUT2D eigenvalue weighted by Crippen LogP contribution is 2.31. The van der Waals surface area contributed by atoms with Gasteiger partial charge in [-0.2, -0.15) is 0 Å². The van der Waals surface area contributed by atoms with E-state index in [9.17, 15) is 4.79 Å². The van der Waals surface area contributed by atoms with Crippen molar-refractivity contribution in [2.24, 2.45) is 0 Å². The number of aryl methyl sites for hydroxylation is 1. The van der Waals surface area contributed by atoms with Gasteiger partial charge >= 0.3 is 6.09 Å². The molecule has 1 atom stereocenters. The number of amides is 1. The highest BCUT2D eigenvalue weighted by Gasteiger charge is 2.25. The van der Waals surface area contributed by atoms with Crippen molar-refractivity contribution in [2.45, 2.75) is 65.4 Å². The first-order valence-corrected chi connectivity index (χ1v) is 8.55. The number of nitrogens with one attached hydrogen (secondary N) is 1. The lowest BCUT2D eigenvalue weighted by Gasteiger charge is -2.27. The number of carbonyl (C=O) groups is 1. The first kappa shape index (κ1) is 17.6. The molecule has 1 aliphatic carbocycles. The molecule has 0 spiro atoms. The van der Waals surface area contributed by atoms with Crippen molar-refractivity contribution in [1.82, 2.24) is 9.88 Å². The van der Waals surface area contributed by atoms with Crippen molar-refractivity contribution in [3.8, 4) is 0 Å². The van der Waals surface area contributed by atoms with Crippen molar-refractivity contribution in [1.29, 1.82) is 0 Å². The number of aromatic amines is 1. The van der Waals surface area contributed by atoms with Gasteiger partial charge in [-0.1, -0.05) is 19.1 Å². The second-order valence-corrected chi connectivity index (χ2v) is 7.46. The van der Waals surface area contributed by atoms with E-state index < -0.39 is 5.60 Å².